The zero-order valence-electron chi connectivity index (χ0n) is 33.8. The number of hydrogen-bond acceptors (Lipinski definition) is 11. The first-order valence-corrected chi connectivity index (χ1v) is 22.8. The molecular formula is C41H78O12S. The summed E-state index contributed by atoms with van der Waals surface area (Å²) in [5.74, 6) is -0.402. The minimum atomic E-state index is -5.05. The Morgan fingerprint density at radius 1 is 0.685 bits per heavy atom. The van der Waals surface area contributed by atoms with E-state index in [2.05, 4.69) is 30.2 Å². The number of allylic oxidation sites excluding steroid dienone is 2. The van der Waals surface area contributed by atoms with Gasteiger partial charge in [0.25, 0.3) is 0 Å². The number of rotatable bonds is 37. The maximum atomic E-state index is 12.7. The maximum Gasteiger partial charge on any atom is 0.397 e. The van der Waals surface area contributed by atoms with Gasteiger partial charge in [0.15, 0.2) is 6.29 Å². The van der Waals surface area contributed by atoms with E-state index in [4.69, 9.17) is 23.5 Å². The third kappa shape index (κ3) is 27.4. The van der Waals surface area contributed by atoms with E-state index in [1.807, 2.05) is 0 Å². The Bertz CT molecular complexity index is 1010. The molecule has 320 valence electrons. The van der Waals surface area contributed by atoms with Crippen LogP contribution in [-0.4, -0.2) is 97.5 Å². The molecule has 0 aromatic rings. The Kier molecular flexibility index (Phi) is 32.0. The highest BCUT2D eigenvalue weighted by molar-refractivity contribution is 7.80. The summed E-state index contributed by atoms with van der Waals surface area (Å²) in [6.07, 6.45) is 25.5. The van der Waals surface area contributed by atoms with Crippen LogP contribution >= 0.6 is 0 Å². The zero-order chi connectivity index (χ0) is 39.7. The molecule has 0 saturated carbocycles. The van der Waals surface area contributed by atoms with Gasteiger partial charge in [0, 0.05) is 13.0 Å². The van der Waals surface area contributed by atoms with Gasteiger partial charge in [0.1, 0.15) is 30.5 Å². The van der Waals surface area contributed by atoms with Crippen LogP contribution in [0.1, 0.15) is 181 Å². The van der Waals surface area contributed by atoms with Crippen LogP contribution in [0.15, 0.2) is 12.2 Å². The van der Waals surface area contributed by atoms with E-state index in [0.717, 1.165) is 38.5 Å². The summed E-state index contributed by atoms with van der Waals surface area (Å²) in [5, 5.41) is 30.5. The Balaban J connectivity index is 2.40. The van der Waals surface area contributed by atoms with E-state index in [1.54, 1.807) is 0 Å². The lowest BCUT2D eigenvalue weighted by molar-refractivity contribution is -0.301. The second kappa shape index (κ2) is 33.9. The van der Waals surface area contributed by atoms with Crippen molar-refractivity contribution in [2.24, 2.45) is 0 Å². The van der Waals surface area contributed by atoms with Gasteiger partial charge in [-0.25, -0.2) is 4.18 Å². The van der Waals surface area contributed by atoms with Gasteiger partial charge in [0.05, 0.1) is 19.8 Å². The Hall–Kier alpha value is -1.16. The van der Waals surface area contributed by atoms with Gasteiger partial charge < -0.3 is 34.3 Å². The number of aliphatic hydroxyl groups excluding tert-OH is 3. The average Bonchev–Trinajstić information content (AvgIpc) is 3.14. The molecule has 0 bridgehead atoms. The standard InChI is InChI=1S/C41H78O12S/c1-3-5-7-9-11-13-14-15-16-17-18-19-20-21-23-25-27-29-31-49-33-35(51-37(43)30-28-26-24-22-12-10-8-6-4-2)34-50-41-39(45)40(53-54(46,47)48)38(44)36(32-42)52-41/h15-16,35-36,38-42,44-45H,3-14,17-34H2,1-2H3,(H,46,47,48)/b16-15-. The van der Waals surface area contributed by atoms with E-state index in [9.17, 15) is 28.5 Å². The van der Waals surface area contributed by atoms with E-state index in [0.29, 0.717) is 13.0 Å². The molecule has 0 amide bonds. The van der Waals surface area contributed by atoms with Crippen LogP contribution in [0.2, 0.25) is 0 Å². The van der Waals surface area contributed by atoms with Crippen molar-refractivity contribution in [1.82, 2.24) is 0 Å². The second-order valence-electron chi connectivity index (χ2n) is 14.9. The van der Waals surface area contributed by atoms with Crippen LogP contribution in [0.4, 0.5) is 0 Å². The highest BCUT2D eigenvalue weighted by atomic mass is 32.3. The van der Waals surface area contributed by atoms with Crippen molar-refractivity contribution < 1.29 is 56.2 Å². The summed E-state index contributed by atoms with van der Waals surface area (Å²) < 4.78 is 58.8. The third-order valence-electron chi connectivity index (χ3n) is 9.89. The van der Waals surface area contributed by atoms with Gasteiger partial charge in [-0.15, -0.1) is 0 Å². The molecule has 0 aliphatic carbocycles. The van der Waals surface area contributed by atoms with Crippen LogP contribution < -0.4 is 0 Å². The van der Waals surface area contributed by atoms with Crippen molar-refractivity contribution in [2.75, 3.05) is 26.4 Å². The number of aliphatic hydroxyl groups is 3. The topological polar surface area (TPSA) is 178 Å². The number of esters is 1. The largest absolute Gasteiger partial charge is 0.457 e. The summed E-state index contributed by atoms with van der Waals surface area (Å²) in [7, 11) is -5.05. The first-order valence-electron chi connectivity index (χ1n) is 21.4. The number of carbonyl (C=O) groups is 1. The molecule has 6 unspecified atom stereocenters. The molecule has 54 heavy (non-hydrogen) atoms. The lowest BCUT2D eigenvalue weighted by Gasteiger charge is -2.41. The van der Waals surface area contributed by atoms with Crippen molar-refractivity contribution in [2.45, 2.75) is 218 Å². The van der Waals surface area contributed by atoms with Crippen LogP contribution in [0.3, 0.4) is 0 Å². The maximum absolute atomic E-state index is 12.7. The molecule has 12 nitrogen and oxygen atoms in total. The minimum Gasteiger partial charge on any atom is -0.457 e. The highest BCUT2D eigenvalue weighted by Gasteiger charge is 2.48. The quantitative estimate of drug-likeness (QED) is 0.0205. The monoisotopic (exact) mass is 795 g/mol. The van der Waals surface area contributed by atoms with Gasteiger partial charge in [0.2, 0.25) is 0 Å². The summed E-state index contributed by atoms with van der Waals surface area (Å²) in [4.78, 5) is 12.7. The van der Waals surface area contributed by atoms with E-state index < -0.39 is 59.8 Å². The van der Waals surface area contributed by atoms with Crippen LogP contribution in [0, 0.1) is 0 Å². The molecule has 4 N–H and O–H groups in total. The molecule has 0 aromatic carbocycles. The van der Waals surface area contributed by atoms with Gasteiger partial charge in [-0.2, -0.15) is 8.42 Å². The van der Waals surface area contributed by atoms with Crippen molar-refractivity contribution >= 4 is 16.4 Å². The summed E-state index contributed by atoms with van der Waals surface area (Å²) in [6.45, 7) is 3.96. The summed E-state index contributed by atoms with van der Waals surface area (Å²) in [5.41, 5.74) is 0. The van der Waals surface area contributed by atoms with Crippen LogP contribution in [0.25, 0.3) is 0 Å². The van der Waals surface area contributed by atoms with Gasteiger partial charge in [-0.05, 0) is 38.5 Å². The van der Waals surface area contributed by atoms with E-state index >= 15 is 0 Å². The molecule has 1 aliphatic rings. The number of ether oxygens (including phenoxy) is 4. The van der Waals surface area contributed by atoms with Crippen LogP contribution in [-0.2, 0) is 38.3 Å². The van der Waals surface area contributed by atoms with Crippen molar-refractivity contribution in [1.29, 1.82) is 0 Å². The molecule has 1 aliphatic heterocycles. The number of carbonyl (C=O) groups excluding carboxylic acids is 1. The Labute approximate surface area is 328 Å². The molecule has 6 atom stereocenters. The van der Waals surface area contributed by atoms with Gasteiger partial charge >= 0.3 is 16.4 Å². The van der Waals surface area contributed by atoms with Crippen LogP contribution in [0.5, 0.6) is 0 Å². The first kappa shape index (κ1) is 50.9. The fourth-order valence-corrected chi connectivity index (χ4v) is 7.12. The molecule has 1 fully saturated rings. The zero-order valence-corrected chi connectivity index (χ0v) is 34.6. The van der Waals surface area contributed by atoms with Gasteiger partial charge in [-0.1, -0.05) is 148 Å². The summed E-state index contributed by atoms with van der Waals surface area (Å²) >= 11 is 0. The van der Waals surface area contributed by atoms with E-state index in [-0.39, 0.29) is 19.6 Å². The SMILES string of the molecule is CCCCCCCC/C=C\CCCCCCCCCCOCC(COC1OC(CO)C(O)C(OS(=O)(=O)O)C1O)OC(=O)CCCCCCCCCCC. The number of unbranched alkanes of at least 4 members (excludes halogenated alkanes) is 22. The first-order chi connectivity index (χ1) is 26.1. The second-order valence-corrected chi connectivity index (χ2v) is 16.0. The minimum absolute atomic E-state index is 0.0384. The highest BCUT2D eigenvalue weighted by Crippen LogP contribution is 2.26. The predicted molar refractivity (Wildman–Crippen MR) is 211 cm³/mol. The van der Waals surface area contributed by atoms with Crippen molar-refractivity contribution in [3.63, 3.8) is 0 Å². The van der Waals surface area contributed by atoms with Gasteiger partial charge in [-0.3, -0.25) is 9.35 Å². The van der Waals surface area contributed by atoms with Crippen molar-refractivity contribution in [3.8, 4) is 0 Å². The lowest BCUT2D eigenvalue weighted by Crippen LogP contribution is -2.60. The normalized spacial score (nSPS) is 21.2. The molecule has 1 rings (SSSR count). The predicted octanol–water partition coefficient (Wildman–Crippen LogP) is 8.30. The summed E-state index contributed by atoms with van der Waals surface area (Å²) in [6, 6.07) is 0. The molecule has 1 heterocycles. The smallest absolute Gasteiger partial charge is 0.397 e. The Morgan fingerprint density at radius 3 is 1.67 bits per heavy atom. The van der Waals surface area contributed by atoms with Crippen molar-refractivity contribution in [3.05, 3.63) is 12.2 Å². The average molecular weight is 795 g/mol. The lowest BCUT2D eigenvalue weighted by atomic mass is 9.99. The molecule has 0 radical (unpaired) electrons. The molecule has 0 spiro atoms. The molecular weight excluding hydrogens is 717 g/mol. The Morgan fingerprint density at radius 2 is 1.17 bits per heavy atom. The molecule has 1 saturated heterocycles. The fourth-order valence-electron chi connectivity index (χ4n) is 6.61. The fraction of sp³-hybridized carbons (Fsp3) is 0.927. The molecule has 0 aromatic heterocycles. The van der Waals surface area contributed by atoms with E-state index in [1.165, 1.54) is 116 Å². The third-order valence-corrected chi connectivity index (χ3v) is 10.4. The number of hydrogen-bond donors (Lipinski definition) is 4. The molecule has 13 heteroatoms.